The van der Waals surface area contributed by atoms with Crippen molar-refractivity contribution in [2.24, 2.45) is 0 Å². The highest BCUT2D eigenvalue weighted by atomic mass is 16.5. The molecule has 1 N–H and O–H groups in total. The van der Waals surface area contributed by atoms with Crippen LogP contribution in [0.1, 0.15) is 45.2 Å². The summed E-state index contributed by atoms with van der Waals surface area (Å²) in [7, 11) is 0. The predicted molar refractivity (Wildman–Crippen MR) is 122 cm³/mol. The van der Waals surface area contributed by atoms with Gasteiger partial charge < -0.3 is 19.9 Å². The smallest absolute Gasteiger partial charge is 0.254 e. The van der Waals surface area contributed by atoms with E-state index in [0.29, 0.717) is 51.5 Å². The molecule has 31 heavy (non-hydrogen) atoms. The Bertz CT molecular complexity index is 890. The van der Waals surface area contributed by atoms with Crippen LogP contribution in [0.3, 0.4) is 0 Å². The lowest BCUT2D eigenvalue weighted by Gasteiger charge is -2.35. The van der Waals surface area contributed by atoms with Crippen molar-refractivity contribution in [2.75, 3.05) is 50.8 Å². The third kappa shape index (κ3) is 6.04. The topological polar surface area (TPSA) is 74.8 Å². The molecule has 7 nitrogen and oxygen atoms in total. The summed E-state index contributed by atoms with van der Waals surface area (Å²) in [6, 6.07) is 9.62. The molecule has 2 amide bonds. The maximum atomic E-state index is 12.9. The summed E-state index contributed by atoms with van der Waals surface area (Å²) < 4.78 is 5.27. The van der Waals surface area contributed by atoms with Crippen molar-refractivity contribution >= 4 is 17.6 Å². The summed E-state index contributed by atoms with van der Waals surface area (Å²) in [5, 5.41) is 2.88. The number of carbonyl (C=O) groups excluding carboxylic acids is 2. The number of benzene rings is 1. The average molecular weight is 425 g/mol. The second-order valence-corrected chi connectivity index (χ2v) is 7.81. The molecular weight excluding hydrogens is 392 g/mol. The van der Waals surface area contributed by atoms with Gasteiger partial charge in [-0.15, -0.1) is 0 Å². The van der Waals surface area contributed by atoms with Gasteiger partial charge in [0, 0.05) is 57.7 Å². The van der Waals surface area contributed by atoms with Crippen molar-refractivity contribution in [1.29, 1.82) is 0 Å². The maximum Gasteiger partial charge on any atom is 0.254 e. The third-order valence-electron chi connectivity index (χ3n) is 5.47. The van der Waals surface area contributed by atoms with Crippen molar-refractivity contribution in [3.05, 3.63) is 58.8 Å². The first kappa shape index (κ1) is 22.7. The zero-order chi connectivity index (χ0) is 22.2. The first-order valence-corrected chi connectivity index (χ1v) is 10.9. The Morgan fingerprint density at radius 3 is 2.52 bits per heavy atom. The van der Waals surface area contributed by atoms with Gasteiger partial charge in [-0.2, -0.15) is 0 Å². The van der Waals surface area contributed by atoms with Gasteiger partial charge in [0.2, 0.25) is 0 Å². The minimum atomic E-state index is -0.126. The Kier molecular flexibility index (Phi) is 8.00. The summed E-state index contributed by atoms with van der Waals surface area (Å²) in [6.45, 7) is 10.6. The van der Waals surface area contributed by atoms with Gasteiger partial charge >= 0.3 is 0 Å². The molecule has 166 valence electrons. The molecule has 1 fully saturated rings. The van der Waals surface area contributed by atoms with Crippen LogP contribution in [0, 0.1) is 13.8 Å². The van der Waals surface area contributed by atoms with Crippen molar-refractivity contribution in [3.63, 3.8) is 0 Å². The summed E-state index contributed by atoms with van der Waals surface area (Å²) in [5.41, 5.74) is 3.49. The van der Waals surface area contributed by atoms with E-state index in [2.05, 4.69) is 15.2 Å². The largest absolute Gasteiger partial charge is 0.382 e. The van der Waals surface area contributed by atoms with Gasteiger partial charge in [-0.1, -0.05) is 17.7 Å². The van der Waals surface area contributed by atoms with Crippen LogP contribution in [0.25, 0.3) is 0 Å². The van der Waals surface area contributed by atoms with Crippen LogP contribution in [0.5, 0.6) is 0 Å². The van der Waals surface area contributed by atoms with Crippen LogP contribution in [0.2, 0.25) is 0 Å². The maximum absolute atomic E-state index is 12.9. The number of anilines is 1. The summed E-state index contributed by atoms with van der Waals surface area (Å²) >= 11 is 0. The van der Waals surface area contributed by atoms with E-state index in [1.165, 1.54) is 0 Å². The number of pyridine rings is 1. The molecule has 3 rings (SSSR count). The van der Waals surface area contributed by atoms with Crippen LogP contribution < -0.4 is 10.2 Å². The van der Waals surface area contributed by atoms with E-state index in [9.17, 15) is 9.59 Å². The number of carbonyl (C=O) groups is 2. The lowest BCUT2D eigenvalue weighted by Crippen LogP contribution is -2.49. The Labute approximate surface area is 184 Å². The Morgan fingerprint density at radius 2 is 1.87 bits per heavy atom. The van der Waals surface area contributed by atoms with Gasteiger partial charge in [0.1, 0.15) is 5.82 Å². The van der Waals surface area contributed by atoms with Gasteiger partial charge in [0.15, 0.2) is 0 Å². The van der Waals surface area contributed by atoms with Gasteiger partial charge in [-0.3, -0.25) is 9.59 Å². The van der Waals surface area contributed by atoms with E-state index in [1.807, 2.05) is 49.9 Å². The monoisotopic (exact) mass is 424 g/mol. The molecule has 1 aromatic carbocycles. The highest BCUT2D eigenvalue weighted by Gasteiger charge is 2.24. The molecule has 0 aliphatic carbocycles. The number of nitrogens with zero attached hydrogens (tertiary/aromatic N) is 3. The normalized spacial score (nSPS) is 13.9. The van der Waals surface area contributed by atoms with Gasteiger partial charge in [0.05, 0.1) is 5.56 Å². The fourth-order valence-electron chi connectivity index (χ4n) is 3.69. The van der Waals surface area contributed by atoms with Gasteiger partial charge in [0.25, 0.3) is 11.8 Å². The van der Waals surface area contributed by atoms with Crippen molar-refractivity contribution in [1.82, 2.24) is 15.2 Å². The zero-order valence-electron chi connectivity index (χ0n) is 18.7. The number of piperazine rings is 1. The number of rotatable bonds is 8. The number of aromatic nitrogens is 1. The summed E-state index contributed by atoms with van der Waals surface area (Å²) in [6.07, 6.45) is 2.40. The molecular formula is C24H32N4O3. The number of ether oxygens (including phenoxy) is 1. The molecule has 0 atom stereocenters. The van der Waals surface area contributed by atoms with E-state index in [4.69, 9.17) is 4.74 Å². The molecule has 0 unspecified atom stereocenters. The Morgan fingerprint density at radius 1 is 1.10 bits per heavy atom. The predicted octanol–water partition coefficient (Wildman–Crippen LogP) is 2.82. The Balaban J connectivity index is 1.50. The highest BCUT2D eigenvalue weighted by Crippen LogP contribution is 2.18. The molecule has 1 aromatic heterocycles. The zero-order valence-corrected chi connectivity index (χ0v) is 18.7. The van der Waals surface area contributed by atoms with Crippen LogP contribution in [0.4, 0.5) is 5.82 Å². The van der Waals surface area contributed by atoms with E-state index >= 15 is 0 Å². The van der Waals surface area contributed by atoms with Crippen LogP contribution in [-0.4, -0.2) is 67.6 Å². The molecule has 7 heteroatoms. The number of aryl methyl sites for hydroxylation is 2. The van der Waals surface area contributed by atoms with Crippen LogP contribution in [-0.2, 0) is 4.74 Å². The molecule has 1 saturated heterocycles. The standard InChI is InChI=1S/C24H32N4O3/c1-4-31-15-5-10-25-23(29)20-7-9-22(26-17-20)27-11-13-28(14-12-27)24(30)21-8-6-18(2)16-19(21)3/h6-9,16-17H,4-5,10-15H2,1-3H3,(H,25,29). The van der Waals surface area contributed by atoms with E-state index in [0.717, 1.165) is 28.9 Å². The Hall–Kier alpha value is -2.93. The van der Waals surface area contributed by atoms with Gasteiger partial charge in [-0.05, 0) is 51.0 Å². The number of amides is 2. The fourth-order valence-corrected chi connectivity index (χ4v) is 3.69. The summed E-state index contributed by atoms with van der Waals surface area (Å²) in [5.74, 6) is 0.785. The average Bonchev–Trinajstić information content (AvgIpc) is 2.78. The molecule has 0 radical (unpaired) electrons. The highest BCUT2D eigenvalue weighted by molar-refractivity contribution is 5.96. The fraction of sp³-hybridized carbons (Fsp3) is 0.458. The van der Waals surface area contributed by atoms with Crippen LogP contribution >= 0.6 is 0 Å². The lowest BCUT2D eigenvalue weighted by atomic mass is 10.0. The quantitative estimate of drug-likeness (QED) is 0.660. The second-order valence-electron chi connectivity index (χ2n) is 7.81. The molecule has 2 aromatic rings. The molecule has 0 spiro atoms. The molecule has 1 aliphatic rings. The number of nitrogens with one attached hydrogen (secondary N) is 1. The van der Waals surface area contributed by atoms with E-state index in [-0.39, 0.29) is 11.8 Å². The van der Waals surface area contributed by atoms with Crippen molar-refractivity contribution in [2.45, 2.75) is 27.2 Å². The first-order chi connectivity index (χ1) is 15.0. The number of hydrogen-bond donors (Lipinski definition) is 1. The van der Waals surface area contributed by atoms with E-state index in [1.54, 1.807) is 12.3 Å². The summed E-state index contributed by atoms with van der Waals surface area (Å²) in [4.78, 5) is 33.6. The SMILES string of the molecule is CCOCCCNC(=O)c1ccc(N2CCN(C(=O)c3ccc(C)cc3C)CC2)nc1. The first-order valence-electron chi connectivity index (χ1n) is 10.9. The van der Waals surface area contributed by atoms with Crippen LogP contribution in [0.15, 0.2) is 36.5 Å². The molecule has 0 bridgehead atoms. The minimum Gasteiger partial charge on any atom is -0.382 e. The number of hydrogen-bond acceptors (Lipinski definition) is 5. The molecule has 2 heterocycles. The minimum absolute atomic E-state index is 0.0847. The van der Waals surface area contributed by atoms with E-state index < -0.39 is 0 Å². The molecule has 0 saturated carbocycles. The van der Waals surface area contributed by atoms with Gasteiger partial charge in [-0.25, -0.2) is 4.98 Å². The molecule has 1 aliphatic heterocycles. The van der Waals surface area contributed by atoms with Crippen molar-refractivity contribution in [3.8, 4) is 0 Å². The van der Waals surface area contributed by atoms with Crippen molar-refractivity contribution < 1.29 is 14.3 Å². The lowest BCUT2D eigenvalue weighted by molar-refractivity contribution is 0.0745. The third-order valence-corrected chi connectivity index (χ3v) is 5.47. The second kappa shape index (κ2) is 10.9.